The number of nitrogens with one attached hydrogen (secondary N) is 1. The highest BCUT2D eigenvalue weighted by molar-refractivity contribution is 9.11. The number of benzene rings is 1. The summed E-state index contributed by atoms with van der Waals surface area (Å²) < 4.78 is 27.7. The van der Waals surface area contributed by atoms with Crippen molar-refractivity contribution in [1.29, 1.82) is 0 Å². The molecular formula is C12H10Br2ClN3O2S. The van der Waals surface area contributed by atoms with Crippen LogP contribution in [0.5, 0.6) is 0 Å². The fourth-order valence-corrected chi connectivity index (χ4v) is 3.82. The molecule has 0 unspecified atom stereocenters. The highest BCUT2D eigenvalue weighted by Gasteiger charge is 2.17. The number of nitrogens with zero attached hydrogens (tertiary/aromatic N) is 2. The molecule has 0 amide bonds. The standard InChI is InChI=1S/C12H10Br2ClN3O2S/c13-10-7-16-12(11(14)17-10)18-21(19,20)9-3-1-8(2-4-9)5-6-15/h1-4,7H,5-6H2,(H,16,18). The summed E-state index contributed by atoms with van der Waals surface area (Å²) in [6.07, 6.45) is 2.10. The predicted molar refractivity (Wildman–Crippen MR) is 89.1 cm³/mol. The molecular weight excluding hydrogens is 445 g/mol. The van der Waals surface area contributed by atoms with Crippen LogP contribution in [0.15, 0.2) is 44.6 Å². The van der Waals surface area contributed by atoms with E-state index in [1.54, 1.807) is 12.1 Å². The summed E-state index contributed by atoms with van der Waals surface area (Å²) in [7, 11) is -3.71. The van der Waals surface area contributed by atoms with E-state index in [-0.39, 0.29) is 10.7 Å². The van der Waals surface area contributed by atoms with Crippen molar-refractivity contribution in [2.24, 2.45) is 0 Å². The van der Waals surface area contributed by atoms with Crippen LogP contribution in [0, 0.1) is 0 Å². The molecule has 0 saturated heterocycles. The van der Waals surface area contributed by atoms with E-state index in [2.05, 4.69) is 46.5 Å². The molecule has 1 N–H and O–H groups in total. The number of alkyl halides is 1. The van der Waals surface area contributed by atoms with Gasteiger partial charge in [0.05, 0.1) is 11.1 Å². The topological polar surface area (TPSA) is 72.0 Å². The highest BCUT2D eigenvalue weighted by Crippen LogP contribution is 2.22. The lowest BCUT2D eigenvalue weighted by Crippen LogP contribution is -2.14. The van der Waals surface area contributed by atoms with Gasteiger partial charge in [0, 0.05) is 5.88 Å². The fourth-order valence-electron chi connectivity index (χ4n) is 1.55. The third kappa shape index (κ3) is 4.38. The van der Waals surface area contributed by atoms with Crippen LogP contribution in [-0.4, -0.2) is 24.3 Å². The molecule has 1 aromatic heterocycles. The predicted octanol–water partition coefficient (Wildman–Crippen LogP) is 3.58. The van der Waals surface area contributed by atoms with E-state index in [1.165, 1.54) is 18.3 Å². The Labute approximate surface area is 144 Å². The molecule has 5 nitrogen and oxygen atoms in total. The lowest BCUT2D eigenvalue weighted by Gasteiger charge is -2.09. The SMILES string of the molecule is O=S(=O)(Nc1ncc(Br)nc1Br)c1ccc(CCCl)cc1. The zero-order chi connectivity index (χ0) is 15.5. The summed E-state index contributed by atoms with van der Waals surface area (Å²) in [5, 5.41) is 0. The Morgan fingerprint density at radius 1 is 1.19 bits per heavy atom. The van der Waals surface area contributed by atoms with Gasteiger partial charge < -0.3 is 0 Å². The van der Waals surface area contributed by atoms with Gasteiger partial charge in [0.2, 0.25) is 0 Å². The first kappa shape index (κ1) is 16.7. The second-order valence-corrected chi connectivity index (χ2v) is 7.64. The molecule has 1 heterocycles. The van der Waals surface area contributed by atoms with Crippen LogP contribution in [0.1, 0.15) is 5.56 Å². The Morgan fingerprint density at radius 3 is 2.43 bits per heavy atom. The molecule has 0 fully saturated rings. The second kappa shape index (κ2) is 7.04. The summed E-state index contributed by atoms with van der Waals surface area (Å²) in [4.78, 5) is 8.14. The van der Waals surface area contributed by atoms with Crippen LogP contribution in [0.25, 0.3) is 0 Å². The van der Waals surface area contributed by atoms with E-state index >= 15 is 0 Å². The summed E-state index contributed by atoms with van der Waals surface area (Å²) >= 11 is 12.0. The van der Waals surface area contributed by atoms with Gasteiger partial charge in [0.1, 0.15) is 4.60 Å². The van der Waals surface area contributed by atoms with Crippen LogP contribution < -0.4 is 4.72 Å². The van der Waals surface area contributed by atoms with Gasteiger partial charge in [-0.3, -0.25) is 4.72 Å². The minimum Gasteiger partial charge on any atom is -0.261 e. The number of halogens is 3. The van der Waals surface area contributed by atoms with Crippen molar-refractivity contribution in [1.82, 2.24) is 9.97 Å². The van der Waals surface area contributed by atoms with Gasteiger partial charge in [-0.25, -0.2) is 18.4 Å². The zero-order valence-corrected chi connectivity index (χ0v) is 15.3. The molecule has 0 aliphatic carbocycles. The van der Waals surface area contributed by atoms with E-state index in [0.29, 0.717) is 21.5 Å². The van der Waals surface area contributed by atoms with Crippen LogP contribution in [0.4, 0.5) is 5.82 Å². The molecule has 0 bridgehead atoms. The molecule has 0 aliphatic rings. The lowest BCUT2D eigenvalue weighted by atomic mass is 10.2. The largest absolute Gasteiger partial charge is 0.263 e. The van der Waals surface area contributed by atoms with Gasteiger partial charge in [0.25, 0.3) is 10.0 Å². The van der Waals surface area contributed by atoms with Crippen molar-refractivity contribution >= 4 is 59.3 Å². The Bertz CT molecular complexity index is 739. The molecule has 1 aromatic carbocycles. The van der Waals surface area contributed by atoms with Crippen LogP contribution >= 0.6 is 43.5 Å². The summed E-state index contributed by atoms with van der Waals surface area (Å²) in [5.74, 6) is 0.620. The Balaban J connectivity index is 2.25. The molecule has 9 heteroatoms. The molecule has 21 heavy (non-hydrogen) atoms. The summed E-state index contributed by atoms with van der Waals surface area (Å²) in [6, 6.07) is 6.54. The van der Waals surface area contributed by atoms with Gasteiger partial charge >= 0.3 is 0 Å². The van der Waals surface area contributed by atoms with Crippen molar-refractivity contribution in [3.8, 4) is 0 Å². The van der Waals surface area contributed by atoms with E-state index in [4.69, 9.17) is 11.6 Å². The molecule has 2 rings (SSSR count). The minimum atomic E-state index is -3.71. The third-order valence-electron chi connectivity index (χ3n) is 2.55. The first-order valence-corrected chi connectivity index (χ1v) is 9.38. The average Bonchev–Trinajstić information content (AvgIpc) is 2.43. The number of aromatic nitrogens is 2. The molecule has 0 aliphatic heterocycles. The van der Waals surface area contributed by atoms with E-state index in [9.17, 15) is 8.42 Å². The van der Waals surface area contributed by atoms with E-state index < -0.39 is 10.0 Å². The molecule has 0 radical (unpaired) electrons. The normalized spacial score (nSPS) is 11.4. The molecule has 2 aromatic rings. The van der Waals surface area contributed by atoms with E-state index in [0.717, 1.165) is 5.56 Å². The fraction of sp³-hybridized carbons (Fsp3) is 0.167. The summed E-state index contributed by atoms with van der Waals surface area (Å²) in [6.45, 7) is 0. The maximum Gasteiger partial charge on any atom is 0.263 e. The second-order valence-electron chi connectivity index (χ2n) is 4.02. The smallest absolute Gasteiger partial charge is 0.261 e. The Kier molecular flexibility index (Phi) is 5.59. The van der Waals surface area contributed by atoms with Crippen LogP contribution in [-0.2, 0) is 16.4 Å². The number of hydrogen-bond donors (Lipinski definition) is 1. The summed E-state index contributed by atoms with van der Waals surface area (Å²) in [5.41, 5.74) is 0.980. The minimum absolute atomic E-state index is 0.128. The number of aryl methyl sites for hydroxylation is 1. The number of hydrogen-bond acceptors (Lipinski definition) is 4. The Hall–Kier alpha value is -0.700. The first-order valence-electron chi connectivity index (χ1n) is 5.78. The molecule has 0 spiro atoms. The number of rotatable bonds is 5. The molecule has 112 valence electrons. The van der Waals surface area contributed by atoms with Crippen molar-refractivity contribution in [3.05, 3.63) is 45.2 Å². The first-order chi connectivity index (χ1) is 9.92. The van der Waals surface area contributed by atoms with Crippen molar-refractivity contribution < 1.29 is 8.42 Å². The van der Waals surface area contributed by atoms with Crippen LogP contribution in [0.3, 0.4) is 0 Å². The maximum absolute atomic E-state index is 12.3. The Morgan fingerprint density at radius 2 is 1.86 bits per heavy atom. The maximum atomic E-state index is 12.3. The van der Waals surface area contributed by atoms with Crippen LogP contribution in [0.2, 0.25) is 0 Å². The monoisotopic (exact) mass is 453 g/mol. The van der Waals surface area contributed by atoms with Crippen molar-refractivity contribution in [2.45, 2.75) is 11.3 Å². The molecule has 0 saturated carbocycles. The third-order valence-corrected chi connectivity index (χ3v) is 5.03. The average molecular weight is 456 g/mol. The van der Waals surface area contributed by atoms with Crippen molar-refractivity contribution in [3.63, 3.8) is 0 Å². The van der Waals surface area contributed by atoms with Gasteiger partial charge in [-0.1, -0.05) is 12.1 Å². The quantitative estimate of drug-likeness (QED) is 0.700. The van der Waals surface area contributed by atoms with E-state index in [1.807, 2.05) is 0 Å². The zero-order valence-electron chi connectivity index (χ0n) is 10.6. The van der Waals surface area contributed by atoms with Gasteiger partial charge in [0.15, 0.2) is 10.4 Å². The molecule has 0 atom stereocenters. The number of sulfonamides is 1. The van der Waals surface area contributed by atoms with Gasteiger partial charge in [-0.2, -0.15) is 0 Å². The lowest BCUT2D eigenvalue weighted by molar-refractivity contribution is 0.601. The van der Waals surface area contributed by atoms with Gasteiger partial charge in [-0.05, 0) is 56.0 Å². The van der Waals surface area contributed by atoms with Crippen molar-refractivity contribution in [2.75, 3.05) is 10.6 Å². The van der Waals surface area contributed by atoms with Gasteiger partial charge in [-0.15, -0.1) is 11.6 Å². The number of anilines is 1. The highest BCUT2D eigenvalue weighted by atomic mass is 79.9.